The van der Waals surface area contributed by atoms with Crippen molar-refractivity contribution in [3.8, 4) is 0 Å². The molecule has 1 aromatic rings. The molecule has 130 valence electrons. The van der Waals surface area contributed by atoms with E-state index in [2.05, 4.69) is 9.97 Å². The molecule has 0 saturated carbocycles. The highest BCUT2D eigenvalue weighted by Crippen LogP contribution is 2.11. The second-order valence-corrected chi connectivity index (χ2v) is 5.15. The van der Waals surface area contributed by atoms with Gasteiger partial charge in [-0.2, -0.15) is 0 Å². The summed E-state index contributed by atoms with van der Waals surface area (Å²) in [4.78, 5) is 51.9. The molecule has 1 aromatic heterocycles. The average Bonchev–Trinajstić information content (AvgIpc) is 2.49. The predicted octanol–water partition coefficient (Wildman–Crippen LogP) is 0.487. The van der Waals surface area contributed by atoms with Crippen molar-refractivity contribution in [1.82, 2.24) is 9.97 Å². The van der Waals surface area contributed by atoms with E-state index < -0.39 is 17.9 Å². The first-order chi connectivity index (χ1) is 11.3. The van der Waals surface area contributed by atoms with E-state index in [0.717, 1.165) is 0 Å². The molecular weight excluding hydrogens is 320 g/mol. The highest BCUT2D eigenvalue weighted by Gasteiger charge is 2.15. The number of Topliss-reactive ketones (excluding diaryl/α,β-unsaturated/α-hetero) is 1. The van der Waals surface area contributed by atoms with Crippen LogP contribution in [0.5, 0.6) is 0 Å². The number of aromatic nitrogens is 2. The smallest absolute Gasteiger partial charge is 0.303 e. The molecule has 0 amide bonds. The van der Waals surface area contributed by atoms with Gasteiger partial charge in [0.1, 0.15) is 5.78 Å². The Morgan fingerprint density at radius 2 is 1.38 bits per heavy atom. The van der Waals surface area contributed by atoms with Crippen LogP contribution in [0.3, 0.4) is 0 Å². The molecule has 0 aliphatic rings. The van der Waals surface area contributed by atoms with Crippen LogP contribution in [-0.4, -0.2) is 49.0 Å². The van der Waals surface area contributed by atoms with E-state index in [4.69, 9.17) is 15.3 Å². The predicted molar refractivity (Wildman–Crippen MR) is 79.5 cm³/mol. The van der Waals surface area contributed by atoms with Gasteiger partial charge in [0.2, 0.25) is 0 Å². The molecule has 0 unspecified atom stereocenters. The number of carbonyl (C=O) groups excluding carboxylic acids is 1. The maximum Gasteiger partial charge on any atom is 0.303 e. The zero-order valence-corrected chi connectivity index (χ0v) is 12.9. The van der Waals surface area contributed by atoms with E-state index in [1.54, 1.807) is 0 Å². The molecular formula is C15H18N2O7. The Kier molecular flexibility index (Phi) is 7.47. The number of carboxylic acids is 3. The molecule has 0 aliphatic carbocycles. The third kappa shape index (κ3) is 7.43. The molecule has 9 nitrogen and oxygen atoms in total. The molecule has 0 aliphatic heterocycles. The molecule has 9 heteroatoms. The number of aryl methyl sites for hydroxylation is 2. The fourth-order valence-electron chi connectivity index (χ4n) is 1.95. The Morgan fingerprint density at radius 3 is 1.96 bits per heavy atom. The molecule has 3 N–H and O–H groups in total. The van der Waals surface area contributed by atoms with Crippen LogP contribution < -0.4 is 0 Å². The van der Waals surface area contributed by atoms with Crippen LogP contribution in [-0.2, 0) is 38.4 Å². The van der Waals surface area contributed by atoms with Gasteiger partial charge in [0.05, 0.1) is 42.8 Å². The highest BCUT2D eigenvalue weighted by molar-refractivity contribution is 5.84. The minimum Gasteiger partial charge on any atom is -0.481 e. The quantitative estimate of drug-likeness (QED) is 0.522. The third-order valence-corrected chi connectivity index (χ3v) is 3.13. The van der Waals surface area contributed by atoms with Gasteiger partial charge in [-0.05, 0) is 0 Å². The van der Waals surface area contributed by atoms with Crippen LogP contribution in [0.4, 0.5) is 0 Å². The van der Waals surface area contributed by atoms with Crippen LogP contribution in [0.15, 0.2) is 6.20 Å². The van der Waals surface area contributed by atoms with Crippen LogP contribution in [0, 0.1) is 0 Å². The number of nitrogens with zero attached hydrogens (tertiary/aromatic N) is 2. The molecule has 0 fully saturated rings. The number of carboxylic acid groups (broad SMARTS) is 3. The first-order valence-corrected chi connectivity index (χ1v) is 7.28. The van der Waals surface area contributed by atoms with E-state index in [0.29, 0.717) is 11.4 Å². The lowest BCUT2D eigenvalue weighted by molar-refractivity contribution is -0.138. The van der Waals surface area contributed by atoms with Gasteiger partial charge in [0.15, 0.2) is 0 Å². The molecule has 0 aromatic carbocycles. The second-order valence-electron chi connectivity index (χ2n) is 5.15. The van der Waals surface area contributed by atoms with E-state index in [1.165, 1.54) is 6.20 Å². The Labute approximate surface area is 137 Å². The number of hydrogen-bond donors (Lipinski definition) is 3. The largest absolute Gasteiger partial charge is 0.481 e. The molecule has 1 heterocycles. The highest BCUT2D eigenvalue weighted by atomic mass is 16.4. The first-order valence-electron chi connectivity index (χ1n) is 7.28. The molecule has 0 spiro atoms. The summed E-state index contributed by atoms with van der Waals surface area (Å²) >= 11 is 0. The van der Waals surface area contributed by atoms with Crippen LogP contribution >= 0.6 is 0 Å². The van der Waals surface area contributed by atoms with E-state index in [9.17, 15) is 19.2 Å². The minimum atomic E-state index is -1.09. The number of aliphatic carboxylic acids is 3. The number of ketones is 1. The maximum absolute atomic E-state index is 11.8. The maximum atomic E-state index is 11.8. The van der Waals surface area contributed by atoms with Crippen LogP contribution in [0.1, 0.15) is 42.8 Å². The minimum absolute atomic E-state index is 0.0864. The number of rotatable bonds is 11. The summed E-state index contributed by atoms with van der Waals surface area (Å²) in [7, 11) is 0. The standard InChI is InChI=1S/C15H18N2O7/c18-10(2-5-14(21)22)7-12-11(3-6-15(23)24)16-8-9(17-12)1-4-13(19)20/h8H,1-7H2,(H,19,20)(H,21,22)(H,23,24). The lowest BCUT2D eigenvalue weighted by Gasteiger charge is -2.09. The fraction of sp³-hybridized carbons (Fsp3) is 0.467. The fourth-order valence-corrected chi connectivity index (χ4v) is 1.95. The van der Waals surface area contributed by atoms with Crippen molar-refractivity contribution in [2.45, 2.75) is 44.9 Å². The van der Waals surface area contributed by atoms with Gasteiger partial charge >= 0.3 is 17.9 Å². The van der Waals surface area contributed by atoms with E-state index >= 15 is 0 Å². The Hall–Kier alpha value is -2.84. The van der Waals surface area contributed by atoms with Crippen LogP contribution in [0.2, 0.25) is 0 Å². The van der Waals surface area contributed by atoms with Crippen molar-refractivity contribution in [3.63, 3.8) is 0 Å². The normalized spacial score (nSPS) is 10.3. The molecule has 0 atom stereocenters. The lowest BCUT2D eigenvalue weighted by Crippen LogP contribution is -2.13. The van der Waals surface area contributed by atoms with Gasteiger partial charge in [-0.1, -0.05) is 0 Å². The zero-order chi connectivity index (χ0) is 18.1. The van der Waals surface area contributed by atoms with Crippen molar-refractivity contribution in [1.29, 1.82) is 0 Å². The summed E-state index contributed by atoms with van der Waals surface area (Å²) in [6.45, 7) is 0. The van der Waals surface area contributed by atoms with Gasteiger partial charge < -0.3 is 15.3 Å². The zero-order valence-electron chi connectivity index (χ0n) is 12.9. The topological polar surface area (TPSA) is 155 Å². The molecule has 0 saturated heterocycles. The van der Waals surface area contributed by atoms with Gasteiger partial charge in [-0.25, -0.2) is 0 Å². The monoisotopic (exact) mass is 338 g/mol. The molecule has 1 rings (SSSR count). The van der Waals surface area contributed by atoms with Gasteiger partial charge in [-0.15, -0.1) is 0 Å². The van der Waals surface area contributed by atoms with Crippen molar-refractivity contribution in [3.05, 3.63) is 23.3 Å². The Bertz CT molecular complexity index is 643. The lowest BCUT2D eigenvalue weighted by atomic mass is 10.1. The summed E-state index contributed by atoms with van der Waals surface area (Å²) in [5.74, 6) is -3.45. The van der Waals surface area contributed by atoms with Crippen molar-refractivity contribution >= 4 is 23.7 Å². The molecule has 0 radical (unpaired) electrons. The van der Waals surface area contributed by atoms with Gasteiger partial charge in [0.25, 0.3) is 0 Å². The molecule has 0 bridgehead atoms. The third-order valence-electron chi connectivity index (χ3n) is 3.13. The second kappa shape index (κ2) is 9.33. The number of hydrogen-bond acceptors (Lipinski definition) is 6. The van der Waals surface area contributed by atoms with Gasteiger partial charge in [-0.3, -0.25) is 29.1 Å². The first kappa shape index (κ1) is 19.2. The SMILES string of the molecule is O=C(O)CCC(=O)Cc1nc(CCC(=O)O)cnc1CCC(=O)O. The number of carbonyl (C=O) groups is 4. The van der Waals surface area contributed by atoms with Gasteiger partial charge in [0, 0.05) is 25.5 Å². The van der Waals surface area contributed by atoms with E-state index in [-0.39, 0.29) is 56.4 Å². The molecule has 24 heavy (non-hydrogen) atoms. The van der Waals surface area contributed by atoms with Crippen molar-refractivity contribution in [2.75, 3.05) is 0 Å². The Balaban J connectivity index is 2.89. The Morgan fingerprint density at radius 1 is 0.792 bits per heavy atom. The summed E-state index contributed by atoms with van der Waals surface area (Å²) in [6.07, 6.45) is 0.654. The summed E-state index contributed by atoms with van der Waals surface area (Å²) in [5, 5.41) is 26.0. The summed E-state index contributed by atoms with van der Waals surface area (Å²) in [5.41, 5.74) is 1.01. The van der Waals surface area contributed by atoms with Crippen LogP contribution in [0.25, 0.3) is 0 Å². The summed E-state index contributed by atoms with van der Waals surface area (Å²) < 4.78 is 0. The van der Waals surface area contributed by atoms with E-state index in [1.807, 2.05) is 0 Å². The average molecular weight is 338 g/mol. The summed E-state index contributed by atoms with van der Waals surface area (Å²) in [6, 6.07) is 0. The van der Waals surface area contributed by atoms with Crippen molar-refractivity contribution < 1.29 is 34.5 Å². The van der Waals surface area contributed by atoms with Crippen molar-refractivity contribution in [2.24, 2.45) is 0 Å².